The molecule has 2 aromatic rings. The normalized spacial score (nSPS) is 16.3. The maximum Gasteiger partial charge on any atom is 0.203 e. The molecule has 4 nitrogen and oxygen atoms in total. The lowest BCUT2D eigenvalue weighted by atomic mass is 9.96. The molecule has 1 aliphatic heterocycles. The average molecular weight is 330 g/mol. The van der Waals surface area contributed by atoms with E-state index in [1.54, 1.807) is 21.3 Å². The third-order valence-electron chi connectivity index (χ3n) is 3.89. The fourth-order valence-electron chi connectivity index (χ4n) is 2.75. The summed E-state index contributed by atoms with van der Waals surface area (Å²) in [4.78, 5) is 0.894. The molecule has 2 aromatic carbocycles. The summed E-state index contributed by atoms with van der Waals surface area (Å²) in [5, 5.41) is 0. The Bertz CT molecular complexity index is 717. The molecule has 1 aliphatic rings. The molecule has 23 heavy (non-hydrogen) atoms. The topological polar surface area (TPSA) is 36.9 Å². The highest BCUT2D eigenvalue weighted by molar-refractivity contribution is 7.80. The van der Waals surface area contributed by atoms with Crippen LogP contribution in [0.15, 0.2) is 36.4 Å². The van der Waals surface area contributed by atoms with Crippen molar-refractivity contribution in [3.05, 3.63) is 47.5 Å². The number of rotatable bonds is 4. The van der Waals surface area contributed by atoms with Gasteiger partial charge in [0, 0.05) is 22.4 Å². The van der Waals surface area contributed by atoms with Gasteiger partial charge in [0.2, 0.25) is 5.75 Å². The molecule has 0 radical (unpaired) electrons. The maximum atomic E-state index is 6.12. The first kappa shape index (κ1) is 15.6. The summed E-state index contributed by atoms with van der Waals surface area (Å²) < 4.78 is 22.3. The Balaban J connectivity index is 2.01. The van der Waals surface area contributed by atoms with E-state index in [0.717, 1.165) is 21.7 Å². The largest absolute Gasteiger partial charge is 0.493 e. The third-order valence-corrected chi connectivity index (χ3v) is 4.27. The molecular formula is C18H18O4S. The minimum Gasteiger partial charge on any atom is -0.493 e. The summed E-state index contributed by atoms with van der Waals surface area (Å²) >= 11 is 5.54. The Morgan fingerprint density at radius 2 is 1.65 bits per heavy atom. The quantitative estimate of drug-likeness (QED) is 0.793. The zero-order valence-corrected chi connectivity index (χ0v) is 14.1. The minimum atomic E-state index is -0.175. The fraction of sp³-hybridized carbons (Fsp3) is 0.278. The van der Waals surface area contributed by atoms with E-state index in [1.165, 1.54) is 0 Å². The lowest BCUT2D eigenvalue weighted by Crippen LogP contribution is -2.19. The molecule has 0 aromatic heterocycles. The summed E-state index contributed by atoms with van der Waals surface area (Å²) in [5.74, 6) is 2.59. The minimum absolute atomic E-state index is 0.175. The van der Waals surface area contributed by atoms with Crippen molar-refractivity contribution >= 4 is 17.1 Å². The van der Waals surface area contributed by atoms with E-state index in [2.05, 4.69) is 0 Å². The van der Waals surface area contributed by atoms with Crippen molar-refractivity contribution in [2.45, 2.75) is 12.5 Å². The first-order chi connectivity index (χ1) is 11.2. The van der Waals surface area contributed by atoms with Gasteiger partial charge in [-0.25, -0.2) is 0 Å². The number of ether oxygens (including phenoxy) is 4. The van der Waals surface area contributed by atoms with Crippen LogP contribution in [0, 0.1) is 0 Å². The van der Waals surface area contributed by atoms with Crippen LogP contribution in [0.4, 0.5) is 0 Å². The molecule has 3 rings (SSSR count). The lowest BCUT2D eigenvalue weighted by molar-refractivity contribution is 0.206. The highest BCUT2D eigenvalue weighted by Gasteiger charge is 2.27. The maximum absolute atomic E-state index is 6.12. The smallest absolute Gasteiger partial charge is 0.203 e. The van der Waals surface area contributed by atoms with Gasteiger partial charge in [-0.15, -0.1) is 0 Å². The van der Waals surface area contributed by atoms with Crippen LogP contribution in [0.5, 0.6) is 23.0 Å². The highest BCUT2D eigenvalue weighted by Crippen LogP contribution is 2.43. The van der Waals surface area contributed by atoms with Crippen molar-refractivity contribution in [3.8, 4) is 23.0 Å². The van der Waals surface area contributed by atoms with Crippen LogP contribution >= 0.6 is 12.2 Å². The SMILES string of the molecule is COc1cc(C2CC(=S)c3ccccc3O2)cc(OC)c1OC. The Morgan fingerprint density at radius 1 is 1.00 bits per heavy atom. The fourth-order valence-corrected chi connectivity index (χ4v) is 3.07. The molecule has 1 atom stereocenters. The number of hydrogen-bond acceptors (Lipinski definition) is 5. The van der Waals surface area contributed by atoms with E-state index in [4.69, 9.17) is 31.2 Å². The number of thiocarbonyl (C=S) groups is 1. The molecule has 0 bridgehead atoms. The number of hydrogen-bond donors (Lipinski definition) is 0. The van der Waals surface area contributed by atoms with E-state index in [9.17, 15) is 0 Å². The van der Waals surface area contributed by atoms with Gasteiger partial charge in [0.25, 0.3) is 0 Å². The standard InChI is InChI=1S/C18H18O4S/c1-19-15-8-11(9-16(20-2)18(15)21-3)14-10-17(23)12-6-4-5-7-13(12)22-14/h4-9,14H,10H2,1-3H3. The molecule has 5 heteroatoms. The van der Waals surface area contributed by atoms with E-state index in [0.29, 0.717) is 23.7 Å². The van der Waals surface area contributed by atoms with Crippen molar-refractivity contribution < 1.29 is 18.9 Å². The van der Waals surface area contributed by atoms with Crippen LogP contribution < -0.4 is 18.9 Å². The van der Waals surface area contributed by atoms with Gasteiger partial charge in [-0.2, -0.15) is 0 Å². The zero-order chi connectivity index (χ0) is 16.4. The Labute approximate surface area is 140 Å². The van der Waals surface area contributed by atoms with Crippen LogP contribution in [0.3, 0.4) is 0 Å². The van der Waals surface area contributed by atoms with Crippen molar-refractivity contribution in [2.24, 2.45) is 0 Å². The van der Waals surface area contributed by atoms with Crippen molar-refractivity contribution in [3.63, 3.8) is 0 Å². The Kier molecular flexibility index (Phi) is 4.39. The van der Waals surface area contributed by atoms with E-state index < -0.39 is 0 Å². The van der Waals surface area contributed by atoms with Crippen LogP contribution in [0.2, 0.25) is 0 Å². The van der Waals surface area contributed by atoms with Gasteiger partial charge in [-0.3, -0.25) is 0 Å². The Morgan fingerprint density at radius 3 is 2.26 bits per heavy atom. The van der Waals surface area contributed by atoms with Gasteiger partial charge < -0.3 is 18.9 Å². The molecule has 0 fully saturated rings. The molecule has 1 heterocycles. The van der Waals surface area contributed by atoms with Crippen LogP contribution in [-0.2, 0) is 0 Å². The van der Waals surface area contributed by atoms with Gasteiger partial charge >= 0.3 is 0 Å². The van der Waals surface area contributed by atoms with Crippen molar-refractivity contribution in [2.75, 3.05) is 21.3 Å². The molecule has 0 saturated heterocycles. The first-order valence-electron chi connectivity index (χ1n) is 7.26. The summed E-state index contributed by atoms with van der Waals surface area (Å²) in [6.07, 6.45) is 0.469. The number of para-hydroxylation sites is 1. The van der Waals surface area contributed by atoms with Crippen LogP contribution in [0.1, 0.15) is 23.7 Å². The highest BCUT2D eigenvalue weighted by atomic mass is 32.1. The van der Waals surface area contributed by atoms with E-state index >= 15 is 0 Å². The molecule has 0 spiro atoms. The molecule has 0 amide bonds. The van der Waals surface area contributed by atoms with Crippen LogP contribution in [0.25, 0.3) is 0 Å². The summed E-state index contributed by atoms with van der Waals surface area (Å²) in [7, 11) is 4.79. The van der Waals surface area contributed by atoms with Gasteiger partial charge in [-0.05, 0) is 18.2 Å². The first-order valence-corrected chi connectivity index (χ1v) is 7.67. The second-order valence-corrected chi connectivity index (χ2v) is 5.68. The van der Waals surface area contributed by atoms with Gasteiger partial charge in [0.1, 0.15) is 11.9 Å². The molecular weight excluding hydrogens is 312 g/mol. The van der Waals surface area contributed by atoms with E-state index in [-0.39, 0.29) is 6.10 Å². The molecule has 120 valence electrons. The van der Waals surface area contributed by atoms with Crippen LogP contribution in [-0.4, -0.2) is 26.2 Å². The number of methoxy groups -OCH3 is 3. The zero-order valence-electron chi connectivity index (χ0n) is 13.3. The third kappa shape index (κ3) is 2.84. The molecule has 0 N–H and O–H groups in total. The predicted molar refractivity (Wildman–Crippen MR) is 92.2 cm³/mol. The van der Waals surface area contributed by atoms with Crippen molar-refractivity contribution in [1.29, 1.82) is 0 Å². The number of benzene rings is 2. The summed E-state index contributed by atoms with van der Waals surface area (Å²) in [6.45, 7) is 0. The average Bonchev–Trinajstić information content (AvgIpc) is 2.60. The molecule has 1 unspecified atom stereocenters. The Hall–Kier alpha value is -2.27. The van der Waals surface area contributed by atoms with Crippen molar-refractivity contribution in [1.82, 2.24) is 0 Å². The molecule has 0 aliphatic carbocycles. The summed E-state index contributed by atoms with van der Waals surface area (Å²) in [5.41, 5.74) is 1.93. The lowest BCUT2D eigenvalue weighted by Gasteiger charge is -2.27. The second-order valence-electron chi connectivity index (χ2n) is 5.19. The van der Waals surface area contributed by atoms with E-state index in [1.807, 2.05) is 36.4 Å². The number of fused-ring (bicyclic) bond motifs is 1. The van der Waals surface area contributed by atoms with Gasteiger partial charge in [-0.1, -0.05) is 30.4 Å². The van der Waals surface area contributed by atoms with Gasteiger partial charge in [0.15, 0.2) is 11.5 Å². The molecule has 0 saturated carbocycles. The summed E-state index contributed by atoms with van der Waals surface area (Å²) in [6, 6.07) is 11.6. The predicted octanol–water partition coefficient (Wildman–Crippen LogP) is 3.95. The van der Waals surface area contributed by atoms with Gasteiger partial charge in [0.05, 0.1) is 21.3 Å². The monoisotopic (exact) mass is 330 g/mol. The second kappa shape index (κ2) is 6.46.